The summed E-state index contributed by atoms with van der Waals surface area (Å²) in [6.07, 6.45) is 1.42. The molecule has 0 aliphatic carbocycles. The molecule has 1 rings (SSSR count). The van der Waals surface area contributed by atoms with Crippen LogP contribution in [0.5, 0.6) is 0 Å². The Bertz CT molecular complexity index is 391. The molecule has 2 amide bonds. The number of primary amides is 1. The van der Waals surface area contributed by atoms with E-state index in [-0.39, 0.29) is 5.69 Å². The topological polar surface area (TPSA) is 111 Å². The van der Waals surface area contributed by atoms with Gasteiger partial charge in [-0.05, 0) is 19.1 Å². The van der Waals surface area contributed by atoms with Crippen molar-refractivity contribution in [2.24, 2.45) is 5.73 Å². The van der Waals surface area contributed by atoms with E-state index in [1.54, 1.807) is 6.07 Å². The molecule has 1 aromatic rings. The second kappa shape index (κ2) is 4.41. The lowest BCUT2D eigenvalue weighted by Crippen LogP contribution is -2.42. The minimum Gasteiger partial charge on any atom is -0.399 e. The lowest BCUT2D eigenvalue weighted by Gasteiger charge is -2.09. The molecule has 15 heavy (non-hydrogen) atoms. The fourth-order valence-electron chi connectivity index (χ4n) is 0.913. The lowest BCUT2D eigenvalue weighted by molar-refractivity contribution is -0.119. The van der Waals surface area contributed by atoms with Gasteiger partial charge in [0.25, 0.3) is 5.91 Å². The number of nitrogen functional groups attached to an aromatic ring is 1. The fraction of sp³-hybridized carbons (Fsp3) is 0.222. The van der Waals surface area contributed by atoms with Crippen LogP contribution in [0.2, 0.25) is 0 Å². The van der Waals surface area contributed by atoms with Gasteiger partial charge in [0.1, 0.15) is 11.7 Å². The van der Waals surface area contributed by atoms with E-state index >= 15 is 0 Å². The molecule has 0 saturated carbocycles. The number of nitrogens with zero attached hydrogens (tertiary/aromatic N) is 1. The Labute approximate surface area is 86.7 Å². The fourth-order valence-corrected chi connectivity index (χ4v) is 0.913. The Hall–Kier alpha value is -2.11. The van der Waals surface area contributed by atoms with Crippen LogP contribution >= 0.6 is 0 Å². The second-order valence-electron chi connectivity index (χ2n) is 3.07. The number of nitrogens with two attached hydrogens (primary N) is 2. The molecule has 0 radical (unpaired) electrons. The maximum atomic E-state index is 11.5. The van der Waals surface area contributed by atoms with Crippen LogP contribution in [0.15, 0.2) is 18.3 Å². The Morgan fingerprint density at radius 3 is 2.73 bits per heavy atom. The van der Waals surface area contributed by atoms with Crippen LogP contribution in [0.1, 0.15) is 17.4 Å². The highest BCUT2D eigenvalue weighted by molar-refractivity contribution is 5.96. The summed E-state index contributed by atoms with van der Waals surface area (Å²) in [6.45, 7) is 1.49. The number of carbonyl (C=O) groups is 2. The third-order valence-electron chi connectivity index (χ3n) is 1.79. The summed E-state index contributed by atoms with van der Waals surface area (Å²) in [5, 5.41) is 2.39. The van der Waals surface area contributed by atoms with Crippen LogP contribution in [-0.2, 0) is 4.79 Å². The quantitative estimate of drug-likeness (QED) is 0.607. The zero-order valence-corrected chi connectivity index (χ0v) is 8.23. The highest BCUT2D eigenvalue weighted by atomic mass is 16.2. The zero-order chi connectivity index (χ0) is 11.4. The number of hydrogen-bond donors (Lipinski definition) is 3. The van der Waals surface area contributed by atoms with E-state index in [9.17, 15) is 9.59 Å². The van der Waals surface area contributed by atoms with Crippen molar-refractivity contribution in [1.82, 2.24) is 10.3 Å². The molecule has 1 unspecified atom stereocenters. The number of rotatable bonds is 3. The van der Waals surface area contributed by atoms with Gasteiger partial charge in [-0.3, -0.25) is 14.6 Å². The predicted octanol–water partition coefficient (Wildman–Crippen LogP) is -0.733. The van der Waals surface area contributed by atoms with Crippen LogP contribution in [0.4, 0.5) is 5.69 Å². The molecule has 0 spiro atoms. The molecule has 6 heteroatoms. The highest BCUT2D eigenvalue weighted by Crippen LogP contribution is 2.02. The molecule has 0 bridgehead atoms. The molecular formula is C9H12N4O2. The first-order valence-corrected chi connectivity index (χ1v) is 4.32. The van der Waals surface area contributed by atoms with E-state index in [1.807, 2.05) is 0 Å². The molecule has 0 fully saturated rings. The monoisotopic (exact) mass is 208 g/mol. The first kappa shape index (κ1) is 11.0. The molecule has 0 aliphatic heterocycles. The number of aromatic nitrogens is 1. The molecule has 1 heterocycles. The number of nitrogens with one attached hydrogen (secondary N) is 1. The van der Waals surface area contributed by atoms with Crippen molar-refractivity contribution in [3.8, 4) is 0 Å². The highest BCUT2D eigenvalue weighted by Gasteiger charge is 2.14. The predicted molar refractivity (Wildman–Crippen MR) is 54.8 cm³/mol. The molecule has 0 aliphatic rings. The first-order valence-electron chi connectivity index (χ1n) is 4.32. The van der Waals surface area contributed by atoms with Crippen molar-refractivity contribution < 1.29 is 9.59 Å². The molecule has 0 aromatic carbocycles. The third-order valence-corrected chi connectivity index (χ3v) is 1.79. The van der Waals surface area contributed by atoms with E-state index in [2.05, 4.69) is 10.3 Å². The van der Waals surface area contributed by atoms with E-state index in [0.717, 1.165) is 0 Å². The van der Waals surface area contributed by atoms with Gasteiger partial charge in [0, 0.05) is 11.9 Å². The molecule has 5 N–H and O–H groups in total. The van der Waals surface area contributed by atoms with Gasteiger partial charge in [0.2, 0.25) is 5.91 Å². The van der Waals surface area contributed by atoms with Crippen LogP contribution in [0.25, 0.3) is 0 Å². The van der Waals surface area contributed by atoms with Crippen molar-refractivity contribution in [1.29, 1.82) is 0 Å². The number of hydrogen-bond acceptors (Lipinski definition) is 4. The van der Waals surface area contributed by atoms with Crippen molar-refractivity contribution in [3.05, 3.63) is 24.0 Å². The Morgan fingerprint density at radius 1 is 1.53 bits per heavy atom. The molecule has 0 saturated heterocycles. The molecule has 80 valence electrons. The number of carbonyl (C=O) groups excluding carboxylic acids is 2. The molecule has 1 atom stereocenters. The van der Waals surface area contributed by atoms with Gasteiger partial charge in [-0.15, -0.1) is 0 Å². The third kappa shape index (κ3) is 2.94. The van der Waals surface area contributed by atoms with Gasteiger partial charge >= 0.3 is 0 Å². The minimum atomic E-state index is -0.735. The Balaban J connectivity index is 2.73. The maximum Gasteiger partial charge on any atom is 0.270 e. The summed E-state index contributed by atoms with van der Waals surface area (Å²) in [5.41, 5.74) is 11.1. The number of pyridine rings is 1. The van der Waals surface area contributed by atoms with Crippen molar-refractivity contribution in [3.63, 3.8) is 0 Å². The second-order valence-corrected chi connectivity index (χ2v) is 3.07. The van der Waals surface area contributed by atoms with Crippen LogP contribution in [0.3, 0.4) is 0 Å². The standard InChI is InChI=1S/C9H12N4O2/c1-5(8(11)14)13-9(15)7-4-6(10)2-3-12-7/h2-5H,1H3,(H2,10,12)(H2,11,14)(H,13,15). The number of amides is 2. The van der Waals surface area contributed by atoms with E-state index < -0.39 is 17.9 Å². The van der Waals surface area contributed by atoms with Gasteiger partial charge in [-0.25, -0.2) is 0 Å². The lowest BCUT2D eigenvalue weighted by atomic mass is 10.2. The first-order chi connectivity index (χ1) is 7.00. The molecule has 1 aromatic heterocycles. The van der Waals surface area contributed by atoms with Crippen LogP contribution < -0.4 is 16.8 Å². The summed E-state index contributed by atoms with van der Waals surface area (Å²) >= 11 is 0. The van der Waals surface area contributed by atoms with Crippen molar-refractivity contribution in [2.45, 2.75) is 13.0 Å². The summed E-state index contributed by atoms with van der Waals surface area (Å²) in [6, 6.07) is 2.25. The minimum absolute atomic E-state index is 0.156. The zero-order valence-electron chi connectivity index (χ0n) is 8.23. The van der Waals surface area contributed by atoms with Gasteiger partial charge < -0.3 is 16.8 Å². The maximum absolute atomic E-state index is 11.5. The SMILES string of the molecule is CC(NC(=O)c1cc(N)ccn1)C(N)=O. The number of anilines is 1. The summed E-state index contributed by atoms with van der Waals surface area (Å²) in [5.74, 6) is -1.08. The largest absolute Gasteiger partial charge is 0.399 e. The average molecular weight is 208 g/mol. The van der Waals surface area contributed by atoms with E-state index in [0.29, 0.717) is 5.69 Å². The van der Waals surface area contributed by atoms with Crippen molar-refractivity contribution >= 4 is 17.5 Å². The van der Waals surface area contributed by atoms with Crippen LogP contribution in [0, 0.1) is 0 Å². The van der Waals surface area contributed by atoms with Crippen molar-refractivity contribution in [2.75, 3.05) is 5.73 Å². The van der Waals surface area contributed by atoms with Gasteiger partial charge in [-0.1, -0.05) is 0 Å². The van der Waals surface area contributed by atoms with Gasteiger partial charge in [-0.2, -0.15) is 0 Å². The normalized spacial score (nSPS) is 11.8. The summed E-state index contributed by atoms with van der Waals surface area (Å²) in [7, 11) is 0. The summed E-state index contributed by atoms with van der Waals surface area (Å²) < 4.78 is 0. The van der Waals surface area contributed by atoms with Gasteiger partial charge in [0.05, 0.1) is 0 Å². The Morgan fingerprint density at radius 2 is 2.20 bits per heavy atom. The van der Waals surface area contributed by atoms with Crippen LogP contribution in [-0.4, -0.2) is 22.8 Å². The summed E-state index contributed by atoms with van der Waals surface area (Å²) in [4.78, 5) is 26.0. The smallest absolute Gasteiger partial charge is 0.270 e. The molecular weight excluding hydrogens is 196 g/mol. The van der Waals surface area contributed by atoms with E-state index in [1.165, 1.54) is 19.2 Å². The Kier molecular flexibility index (Phi) is 3.22. The average Bonchev–Trinajstić information content (AvgIpc) is 2.17. The van der Waals surface area contributed by atoms with E-state index in [4.69, 9.17) is 11.5 Å². The van der Waals surface area contributed by atoms with Gasteiger partial charge in [0.15, 0.2) is 0 Å². The molecule has 6 nitrogen and oxygen atoms in total.